The van der Waals surface area contributed by atoms with Crippen LogP contribution in [0.1, 0.15) is 22.3 Å². The lowest BCUT2D eigenvalue weighted by molar-refractivity contribution is 0.281. The van der Waals surface area contributed by atoms with Crippen LogP contribution < -0.4 is 4.74 Å². The normalized spacial score (nSPS) is 13.1. The first-order chi connectivity index (χ1) is 13.6. The maximum Gasteiger partial charge on any atom is 0.134 e. The van der Waals surface area contributed by atoms with Crippen LogP contribution in [0.2, 0.25) is 0 Å². The summed E-state index contributed by atoms with van der Waals surface area (Å²) in [7, 11) is 0. The lowest BCUT2D eigenvalue weighted by atomic mass is 9.87. The van der Waals surface area contributed by atoms with Gasteiger partial charge in [-0.2, -0.15) is 0 Å². The molecular weight excluding hydrogens is 353 g/mol. The van der Waals surface area contributed by atoms with Crippen molar-refractivity contribution >= 4 is 21.7 Å². The molecule has 0 radical (unpaired) electrons. The molecular formula is C24H20FNO2. The maximum absolute atomic E-state index is 15.1. The van der Waals surface area contributed by atoms with Crippen molar-refractivity contribution in [1.82, 2.24) is 4.98 Å². The highest BCUT2D eigenvalue weighted by Gasteiger charge is 2.22. The topological polar surface area (TPSA) is 42.4 Å². The molecule has 0 amide bonds. The number of hydrogen-bond acceptors (Lipinski definition) is 3. The van der Waals surface area contributed by atoms with E-state index in [0.29, 0.717) is 23.1 Å². The molecule has 0 saturated heterocycles. The van der Waals surface area contributed by atoms with E-state index < -0.39 is 0 Å². The first-order valence-corrected chi connectivity index (χ1v) is 9.46. The standard InChI is InChI=1S/C24H20FNO2/c1-13-3-4-16-18(11-13)23(25)14(2)19(12-27)22(16)17-5-6-20-21-15(8-10-28-20)7-9-26-24(17)21/h3-7,9,11,27H,8,10,12H2,1-2H3. The number of aliphatic hydroxyl groups is 1. The number of ether oxygens (including phenoxy) is 1. The second kappa shape index (κ2) is 6.28. The minimum atomic E-state index is -0.273. The van der Waals surface area contributed by atoms with E-state index in [4.69, 9.17) is 4.74 Å². The molecule has 140 valence electrons. The third-order valence-electron chi connectivity index (χ3n) is 5.76. The van der Waals surface area contributed by atoms with Gasteiger partial charge in [-0.05, 0) is 65.8 Å². The Morgan fingerprint density at radius 3 is 2.79 bits per heavy atom. The lowest BCUT2D eigenvalue weighted by Gasteiger charge is -2.22. The Morgan fingerprint density at radius 2 is 1.96 bits per heavy atom. The zero-order chi connectivity index (χ0) is 19.4. The van der Waals surface area contributed by atoms with Gasteiger partial charge in [0.15, 0.2) is 0 Å². The molecule has 0 saturated carbocycles. The summed E-state index contributed by atoms with van der Waals surface area (Å²) in [4.78, 5) is 4.66. The molecule has 3 aromatic carbocycles. The molecule has 1 aromatic heterocycles. The van der Waals surface area contributed by atoms with Crippen LogP contribution in [0.15, 0.2) is 42.6 Å². The number of hydrogen-bond donors (Lipinski definition) is 1. The Labute approximate surface area is 162 Å². The molecule has 2 heterocycles. The van der Waals surface area contributed by atoms with E-state index in [0.717, 1.165) is 45.1 Å². The molecule has 4 aromatic rings. The zero-order valence-corrected chi connectivity index (χ0v) is 15.8. The van der Waals surface area contributed by atoms with E-state index in [9.17, 15) is 5.11 Å². The summed E-state index contributed by atoms with van der Waals surface area (Å²) >= 11 is 0. The Kier molecular flexibility index (Phi) is 3.84. The van der Waals surface area contributed by atoms with Gasteiger partial charge in [0.25, 0.3) is 0 Å². The molecule has 28 heavy (non-hydrogen) atoms. The van der Waals surface area contributed by atoms with Gasteiger partial charge in [-0.3, -0.25) is 4.98 Å². The number of benzene rings is 3. The molecule has 0 unspecified atom stereocenters. The molecule has 0 atom stereocenters. The highest BCUT2D eigenvalue weighted by molar-refractivity contribution is 6.08. The number of fused-ring (bicyclic) bond motifs is 1. The molecule has 0 spiro atoms. The minimum absolute atomic E-state index is 0.235. The fourth-order valence-corrected chi connectivity index (χ4v) is 4.35. The summed E-state index contributed by atoms with van der Waals surface area (Å²) in [6, 6.07) is 11.7. The van der Waals surface area contributed by atoms with Crippen LogP contribution in [-0.4, -0.2) is 16.7 Å². The molecule has 0 bridgehead atoms. The van der Waals surface area contributed by atoms with Crippen molar-refractivity contribution < 1.29 is 14.2 Å². The number of nitrogens with zero attached hydrogens (tertiary/aromatic N) is 1. The van der Waals surface area contributed by atoms with Gasteiger partial charge in [0.05, 0.1) is 18.7 Å². The van der Waals surface area contributed by atoms with Gasteiger partial charge >= 0.3 is 0 Å². The van der Waals surface area contributed by atoms with Gasteiger partial charge in [-0.25, -0.2) is 4.39 Å². The van der Waals surface area contributed by atoms with Crippen LogP contribution in [0.3, 0.4) is 0 Å². The molecule has 0 aliphatic carbocycles. The minimum Gasteiger partial charge on any atom is -0.493 e. The lowest BCUT2D eigenvalue weighted by Crippen LogP contribution is -2.09. The Balaban J connectivity index is 1.96. The van der Waals surface area contributed by atoms with Gasteiger partial charge in [0, 0.05) is 29.0 Å². The van der Waals surface area contributed by atoms with Crippen LogP contribution in [0, 0.1) is 19.7 Å². The van der Waals surface area contributed by atoms with Crippen LogP contribution in [-0.2, 0) is 13.0 Å². The van der Waals surface area contributed by atoms with Crippen molar-refractivity contribution in [1.29, 1.82) is 0 Å². The summed E-state index contributed by atoms with van der Waals surface area (Å²) in [5.41, 5.74) is 5.86. The van der Waals surface area contributed by atoms with Gasteiger partial charge < -0.3 is 9.84 Å². The maximum atomic E-state index is 15.1. The molecule has 4 heteroatoms. The van der Waals surface area contributed by atoms with Crippen molar-refractivity contribution in [2.45, 2.75) is 26.9 Å². The largest absolute Gasteiger partial charge is 0.493 e. The molecule has 1 N–H and O–H groups in total. The molecule has 5 rings (SSSR count). The zero-order valence-electron chi connectivity index (χ0n) is 15.8. The number of aliphatic hydroxyl groups excluding tert-OH is 1. The van der Waals surface area contributed by atoms with Crippen LogP contribution in [0.4, 0.5) is 4.39 Å². The summed E-state index contributed by atoms with van der Waals surface area (Å²) < 4.78 is 20.9. The average molecular weight is 373 g/mol. The number of pyridine rings is 1. The van der Waals surface area contributed by atoms with E-state index in [1.165, 1.54) is 5.56 Å². The predicted octanol–water partition coefficient (Wildman–Crippen LogP) is 5.24. The third kappa shape index (κ3) is 2.34. The first kappa shape index (κ1) is 17.1. The molecule has 0 fully saturated rings. The SMILES string of the molecule is Cc1ccc2c(-c3ccc4c5c(ccnc35)CCO4)c(CO)c(C)c(F)c2c1. The van der Waals surface area contributed by atoms with E-state index >= 15 is 4.39 Å². The third-order valence-corrected chi connectivity index (χ3v) is 5.76. The quantitative estimate of drug-likeness (QED) is 0.523. The van der Waals surface area contributed by atoms with Gasteiger partial charge in [-0.1, -0.05) is 17.7 Å². The predicted molar refractivity (Wildman–Crippen MR) is 109 cm³/mol. The van der Waals surface area contributed by atoms with Gasteiger partial charge in [-0.15, -0.1) is 0 Å². The van der Waals surface area contributed by atoms with E-state index in [-0.39, 0.29) is 12.4 Å². The second-order valence-corrected chi connectivity index (χ2v) is 7.40. The number of aryl methyl sites for hydroxylation is 1. The van der Waals surface area contributed by atoms with Crippen molar-refractivity contribution in [2.75, 3.05) is 6.61 Å². The first-order valence-electron chi connectivity index (χ1n) is 9.46. The summed E-state index contributed by atoms with van der Waals surface area (Å²) in [5.74, 6) is 0.558. The van der Waals surface area contributed by atoms with Crippen molar-refractivity contribution in [3.63, 3.8) is 0 Å². The van der Waals surface area contributed by atoms with Crippen LogP contribution in [0.25, 0.3) is 32.8 Å². The highest BCUT2D eigenvalue weighted by atomic mass is 19.1. The number of aromatic nitrogens is 1. The Morgan fingerprint density at radius 1 is 1.11 bits per heavy atom. The van der Waals surface area contributed by atoms with Crippen molar-refractivity contribution in [3.05, 3.63) is 70.7 Å². The molecule has 1 aliphatic rings. The summed E-state index contributed by atoms with van der Waals surface area (Å²) in [6.07, 6.45) is 2.66. The van der Waals surface area contributed by atoms with Crippen LogP contribution in [0.5, 0.6) is 5.75 Å². The number of rotatable bonds is 2. The van der Waals surface area contributed by atoms with E-state index in [1.807, 2.05) is 49.5 Å². The highest BCUT2D eigenvalue weighted by Crippen LogP contribution is 2.43. The smallest absolute Gasteiger partial charge is 0.134 e. The fourth-order valence-electron chi connectivity index (χ4n) is 4.35. The second-order valence-electron chi connectivity index (χ2n) is 7.40. The van der Waals surface area contributed by atoms with Gasteiger partial charge in [0.1, 0.15) is 11.6 Å². The molecule has 1 aliphatic heterocycles. The van der Waals surface area contributed by atoms with Crippen LogP contribution >= 0.6 is 0 Å². The fraction of sp³-hybridized carbons (Fsp3) is 0.208. The molecule has 3 nitrogen and oxygen atoms in total. The van der Waals surface area contributed by atoms with Crippen molar-refractivity contribution in [3.8, 4) is 16.9 Å². The van der Waals surface area contributed by atoms with Gasteiger partial charge in [0.2, 0.25) is 0 Å². The van der Waals surface area contributed by atoms with E-state index in [2.05, 4.69) is 4.98 Å². The number of halogens is 1. The Hall–Kier alpha value is -2.98. The summed E-state index contributed by atoms with van der Waals surface area (Å²) in [6.45, 7) is 4.11. The average Bonchev–Trinajstić information content (AvgIpc) is 2.72. The Bertz CT molecular complexity index is 1250. The van der Waals surface area contributed by atoms with E-state index in [1.54, 1.807) is 6.92 Å². The van der Waals surface area contributed by atoms with Crippen molar-refractivity contribution in [2.24, 2.45) is 0 Å². The monoisotopic (exact) mass is 373 g/mol. The summed E-state index contributed by atoms with van der Waals surface area (Å²) in [5, 5.41) is 12.5.